The molecule has 1 fully saturated rings. The summed E-state index contributed by atoms with van der Waals surface area (Å²) in [5.74, 6) is 0. The predicted octanol–water partition coefficient (Wildman–Crippen LogP) is 4.08. The van der Waals surface area contributed by atoms with Gasteiger partial charge in [0.1, 0.15) is 0 Å². The van der Waals surface area contributed by atoms with E-state index >= 15 is 0 Å². The summed E-state index contributed by atoms with van der Waals surface area (Å²) >= 11 is 0. The molecule has 3 nitrogen and oxygen atoms in total. The lowest BCUT2D eigenvalue weighted by molar-refractivity contribution is 0.177. The van der Waals surface area contributed by atoms with Crippen molar-refractivity contribution in [1.82, 2.24) is 4.90 Å². The van der Waals surface area contributed by atoms with Crippen LogP contribution in [-0.2, 0) is 0 Å². The highest BCUT2D eigenvalue weighted by atomic mass is 16.3. The lowest BCUT2D eigenvalue weighted by Crippen LogP contribution is -2.31. The minimum absolute atomic E-state index is 0.320. The van der Waals surface area contributed by atoms with E-state index in [0.717, 1.165) is 12.6 Å². The van der Waals surface area contributed by atoms with Gasteiger partial charge in [-0.2, -0.15) is 0 Å². The van der Waals surface area contributed by atoms with Crippen molar-refractivity contribution in [3.05, 3.63) is 0 Å². The van der Waals surface area contributed by atoms with Gasteiger partial charge in [0.25, 0.3) is 0 Å². The van der Waals surface area contributed by atoms with Crippen LogP contribution in [0, 0.1) is 0 Å². The molecule has 2 unspecified atom stereocenters. The third-order valence-corrected chi connectivity index (χ3v) is 5.08. The molecule has 0 aromatic rings. The van der Waals surface area contributed by atoms with E-state index < -0.39 is 0 Å². The van der Waals surface area contributed by atoms with Gasteiger partial charge < -0.3 is 10.8 Å². The van der Waals surface area contributed by atoms with Crippen molar-refractivity contribution in [2.24, 2.45) is 5.73 Å². The Morgan fingerprint density at radius 3 is 2.18 bits per heavy atom. The Balaban J connectivity index is 1.82. The summed E-state index contributed by atoms with van der Waals surface area (Å²) in [6, 6.07) is 1.14. The zero-order chi connectivity index (χ0) is 16.0. The number of nitrogens with two attached hydrogens (primary N) is 1. The van der Waals surface area contributed by atoms with Gasteiger partial charge in [-0.1, -0.05) is 57.8 Å². The first-order valence-corrected chi connectivity index (χ1v) is 9.84. The Kier molecular flexibility index (Phi) is 12.1. The second kappa shape index (κ2) is 13.3. The summed E-state index contributed by atoms with van der Waals surface area (Å²) in [4.78, 5) is 2.49. The van der Waals surface area contributed by atoms with Crippen molar-refractivity contribution in [1.29, 1.82) is 0 Å². The van der Waals surface area contributed by atoms with Crippen molar-refractivity contribution < 1.29 is 5.11 Å². The predicted molar refractivity (Wildman–Crippen MR) is 96.1 cm³/mol. The zero-order valence-corrected chi connectivity index (χ0v) is 14.9. The van der Waals surface area contributed by atoms with Crippen molar-refractivity contribution >= 4 is 0 Å². The number of nitrogens with zero attached hydrogens (tertiary/aromatic N) is 1. The van der Waals surface area contributed by atoms with Crippen molar-refractivity contribution in [2.75, 3.05) is 19.7 Å². The van der Waals surface area contributed by atoms with Crippen molar-refractivity contribution in [3.8, 4) is 0 Å². The minimum atomic E-state index is 0.320. The van der Waals surface area contributed by atoms with Gasteiger partial charge in [0, 0.05) is 18.6 Å². The van der Waals surface area contributed by atoms with Gasteiger partial charge >= 0.3 is 0 Å². The number of rotatable bonds is 14. The van der Waals surface area contributed by atoms with E-state index in [-0.39, 0.29) is 0 Å². The van der Waals surface area contributed by atoms with Crippen molar-refractivity contribution in [2.45, 2.75) is 102 Å². The molecule has 132 valence electrons. The maximum Gasteiger partial charge on any atom is 0.0558 e. The summed E-state index contributed by atoms with van der Waals surface area (Å²) in [6.45, 7) is 4.51. The van der Waals surface area contributed by atoms with Gasteiger partial charge in [-0.3, -0.25) is 4.90 Å². The summed E-state index contributed by atoms with van der Waals surface area (Å²) in [5.41, 5.74) is 5.76. The number of unbranched alkanes of at least 4 members (excludes halogenated alkanes) is 8. The van der Waals surface area contributed by atoms with Crippen LogP contribution in [0.5, 0.6) is 0 Å². The molecule has 1 rings (SSSR count). The van der Waals surface area contributed by atoms with Crippen LogP contribution < -0.4 is 5.73 Å². The molecule has 1 aliphatic rings. The number of β-amino-alcohol motifs (C(OH)–C–C–N with tert-alkyl or cyclic N) is 1. The molecule has 0 bridgehead atoms. The molecule has 1 saturated heterocycles. The first-order chi connectivity index (χ1) is 10.7. The monoisotopic (exact) mass is 312 g/mol. The molecule has 3 heteroatoms. The number of likely N-dealkylation sites (tertiary alicyclic amines) is 1. The molecular weight excluding hydrogens is 272 g/mol. The highest BCUT2D eigenvalue weighted by Gasteiger charge is 2.22. The molecule has 0 aliphatic carbocycles. The van der Waals surface area contributed by atoms with Crippen LogP contribution in [0.2, 0.25) is 0 Å². The quantitative estimate of drug-likeness (QED) is 0.475. The van der Waals surface area contributed by atoms with Crippen LogP contribution in [0.15, 0.2) is 0 Å². The molecule has 22 heavy (non-hydrogen) atoms. The maximum atomic E-state index is 9.07. The molecule has 0 saturated carbocycles. The minimum Gasteiger partial charge on any atom is -0.395 e. The highest BCUT2D eigenvalue weighted by Crippen LogP contribution is 2.22. The third-order valence-electron chi connectivity index (χ3n) is 5.08. The van der Waals surface area contributed by atoms with Gasteiger partial charge in [-0.25, -0.2) is 0 Å². The molecule has 0 radical (unpaired) electrons. The first-order valence-electron chi connectivity index (χ1n) is 9.84. The Hall–Kier alpha value is -0.120. The summed E-state index contributed by atoms with van der Waals surface area (Å²) in [7, 11) is 0. The SMILES string of the molecule is CC(N)CCCCCCCCCCCC1CCCN1CCO. The average Bonchev–Trinajstić information content (AvgIpc) is 2.92. The molecular formula is C19H40N2O. The normalized spacial score (nSPS) is 20.6. The van der Waals surface area contributed by atoms with E-state index in [1.54, 1.807) is 0 Å². The number of hydrogen-bond acceptors (Lipinski definition) is 3. The van der Waals surface area contributed by atoms with Crippen LogP contribution in [0.25, 0.3) is 0 Å². The Morgan fingerprint density at radius 2 is 1.59 bits per heavy atom. The van der Waals surface area contributed by atoms with Crippen molar-refractivity contribution in [3.63, 3.8) is 0 Å². The summed E-state index contributed by atoms with van der Waals surface area (Å²) in [5, 5.41) is 9.07. The van der Waals surface area contributed by atoms with Gasteiger partial charge in [0.15, 0.2) is 0 Å². The van der Waals surface area contributed by atoms with Crippen LogP contribution in [0.1, 0.15) is 90.4 Å². The van der Waals surface area contributed by atoms with Crippen LogP contribution in [-0.4, -0.2) is 41.8 Å². The smallest absolute Gasteiger partial charge is 0.0558 e. The van der Waals surface area contributed by atoms with E-state index in [4.69, 9.17) is 10.8 Å². The highest BCUT2D eigenvalue weighted by molar-refractivity contribution is 4.78. The lowest BCUT2D eigenvalue weighted by Gasteiger charge is -2.23. The zero-order valence-electron chi connectivity index (χ0n) is 14.9. The number of hydrogen-bond donors (Lipinski definition) is 2. The topological polar surface area (TPSA) is 49.5 Å². The molecule has 0 amide bonds. The Bertz CT molecular complexity index is 246. The average molecular weight is 313 g/mol. The Morgan fingerprint density at radius 1 is 1.00 bits per heavy atom. The van der Waals surface area contributed by atoms with E-state index in [1.165, 1.54) is 90.0 Å². The maximum absolute atomic E-state index is 9.07. The molecule has 1 heterocycles. The molecule has 0 spiro atoms. The van der Waals surface area contributed by atoms with Gasteiger partial charge in [-0.05, 0) is 39.2 Å². The van der Waals surface area contributed by atoms with Crippen LogP contribution in [0.3, 0.4) is 0 Å². The lowest BCUT2D eigenvalue weighted by atomic mass is 10.0. The van der Waals surface area contributed by atoms with Gasteiger partial charge in [0.2, 0.25) is 0 Å². The van der Waals surface area contributed by atoms with E-state index in [1.807, 2.05) is 0 Å². The molecule has 2 atom stereocenters. The summed E-state index contributed by atoms with van der Waals surface area (Å²) < 4.78 is 0. The summed E-state index contributed by atoms with van der Waals surface area (Å²) in [6.07, 6.45) is 17.7. The fourth-order valence-corrected chi connectivity index (χ4v) is 3.73. The Labute approximate surface area is 138 Å². The second-order valence-corrected chi connectivity index (χ2v) is 7.29. The second-order valence-electron chi connectivity index (χ2n) is 7.29. The first kappa shape index (κ1) is 19.9. The molecule has 1 aliphatic heterocycles. The molecule has 0 aromatic heterocycles. The van der Waals surface area contributed by atoms with E-state index in [0.29, 0.717) is 12.6 Å². The largest absolute Gasteiger partial charge is 0.395 e. The van der Waals surface area contributed by atoms with E-state index in [2.05, 4.69) is 11.8 Å². The molecule has 3 N–H and O–H groups in total. The standard InChI is InChI=1S/C19H40N2O/c1-18(20)12-9-7-5-3-2-4-6-8-10-13-19-14-11-15-21(19)16-17-22/h18-19,22H,2-17,20H2,1H3. The third kappa shape index (κ3) is 9.81. The van der Waals surface area contributed by atoms with E-state index in [9.17, 15) is 0 Å². The fourth-order valence-electron chi connectivity index (χ4n) is 3.73. The number of aliphatic hydroxyl groups is 1. The van der Waals surface area contributed by atoms with Gasteiger partial charge in [0.05, 0.1) is 6.61 Å². The fraction of sp³-hybridized carbons (Fsp3) is 1.00. The van der Waals surface area contributed by atoms with Crippen LogP contribution in [0.4, 0.5) is 0 Å². The van der Waals surface area contributed by atoms with Gasteiger partial charge in [-0.15, -0.1) is 0 Å². The van der Waals surface area contributed by atoms with Crippen LogP contribution >= 0.6 is 0 Å². The number of aliphatic hydroxyl groups excluding tert-OH is 1. The molecule has 0 aromatic carbocycles.